The van der Waals surface area contributed by atoms with Crippen LogP contribution in [-0.2, 0) is 21.7 Å². The highest BCUT2D eigenvalue weighted by Gasteiger charge is 2.30. The summed E-state index contributed by atoms with van der Waals surface area (Å²) >= 11 is 0. The number of ether oxygens (including phenoxy) is 2. The monoisotopic (exact) mass is 438 g/mol. The van der Waals surface area contributed by atoms with E-state index in [1.54, 1.807) is 14.2 Å². The predicted octanol–water partition coefficient (Wildman–Crippen LogP) is 8.33. The van der Waals surface area contributed by atoms with Gasteiger partial charge in [-0.15, -0.1) is 0 Å². The summed E-state index contributed by atoms with van der Waals surface area (Å²) in [6.07, 6.45) is 2.17. The van der Waals surface area contributed by atoms with E-state index in [9.17, 15) is 0 Å². The number of hydrogen-bond donors (Lipinski definition) is 0. The van der Waals surface area contributed by atoms with Gasteiger partial charge in [-0.05, 0) is 68.9 Å². The Bertz CT molecular complexity index is 843. The molecule has 0 fully saturated rings. The van der Waals surface area contributed by atoms with Crippen molar-refractivity contribution in [1.29, 1.82) is 0 Å². The highest BCUT2D eigenvalue weighted by Crippen LogP contribution is 2.41. The van der Waals surface area contributed by atoms with E-state index < -0.39 is 0 Å². The smallest absolute Gasteiger partial charge is 0.122 e. The molecule has 0 aliphatic heterocycles. The highest BCUT2D eigenvalue weighted by atomic mass is 16.5. The van der Waals surface area contributed by atoms with Crippen molar-refractivity contribution in [3.8, 4) is 11.5 Å². The molecule has 0 heterocycles. The van der Waals surface area contributed by atoms with Crippen molar-refractivity contribution < 1.29 is 9.47 Å². The van der Waals surface area contributed by atoms with E-state index >= 15 is 0 Å². The minimum absolute atomic E-state index is 0.0520. The van der Waals surface area contributed by atoms with Crippen molar-refractivity contribution >= 4 is 0 Å². The average molecular weight is 439 g/mol. The van der Waals surface area contributed by atoms with Gasteiger partial charge in [-0.25, -0.2) is 0 Å². The van der Waals surface area contributed by atoms with Crippen LogP contribution >= 0.6 is 0 Å². The summed E-state index contributed by atoms with van der Waals surface area (Å²) in [5.74, 6) is 1.98. The summed E-state index contributed by atoms with van der Waals surface area (Å²) in [7, 11) is 3.55. The second kappa shape index (κ2) is 9.12. The zero-order valence-electron chi connectivity index (χ0n) is 22.7. The van der Waals surface area contributed by atoms with Gasteiger partial charge in [-0.1, -0.05) is 93.5 Å². The maximum atomic E-state index is 5.77. The zero-order valence-corrected chi connectivity index (χ0v) is 22.7. The van der Waals surface area contributed by atoms with E-state index in [0.29, 0.717) is 0 Å². The van der Waals surface area contributed by atoms with Crippen LogP contribution in [0.4, 0.5) is 0 Å². The molecule has 0 aliphatic carbocycles. The van der Waals surface area contributed by atoms with Crippen LogP contribution in [0.25, 0.3) is 0 Å². The fourth-order valence-electron chi connectivity index (χ4n) is 4.38. The van der Waals surface area contributed by atoms with E-state index in [4.69, 9.17) is 9.47 Å². The molecule has 2 nitrogen and oxygen atoms in total. The summed E-state index contributed by atoms with van der Waals surface area (Å²) in [6.45, 7) is 22.8. The Morgan fingerprint density at radius 2 is 0.844 bits per heavy atom. The normalized spacial score (nSPS) is 13.2. The molecule has 0 atom stereocenters. The van der Waals surface area contributed by atoms with Crippen molar-refractivity contribution in [3.63, 3.8) is 0 Å². The summed E-state index contributed by atoms with van der Waals surface area (Å²) in [4.78, 5) is 0. The van der Waals surface area contributed by atoms with Crippen molar-refractivity contribution in [3.05, 3.63) is 58.7 Å². The van der Waals surface area contributed by atoms with Gasteiger partial charge in [0.1, 0.15) is 11.5 Å². The third-order valence-electron chi connectivity index (χ3n) is 6.96. The Morgan fingerprint density at radius 3 is 1.09 bits per heavy atom. The van der Waals surface area contributed by atoms with E-state index in [2.05, 4.69) is 106 Å². The maximum Gasteiger partial charge on any atom is 0.122 e. The molecule has 32 heavy (non-hydrogen) atoms. The quantitative estimate of drug-likeness (QED) is 0.432. The first-order chi connectivity index (χ1) is 14.5. The van der Waals surface area contributed by atoms with Gasteiger partial charge >= 0.3 is 0 Å². The van der Waals surface area contributed by atoms with Gasteiger partial charge in [-0.2, -0.15) is 0 Å². The number of benzene rings is 2. The Hall–Kier alpha value is -1.96. The van der Waals surface area contributed by atoms with Gasteiger partial charge in [0.05, 0.1) is 14.2 Å². The standard InChI is InChI=1S/C30H46O2/c1-27(2,3)23-15-13-21(19-25(23)31-11)29(7,8)17-18-30(9,10)22-14-16-24(28(4,5)6)26(20-22)32-12/h13-16,19-20H,17-18H2,1-12H3. The van der Waals surface area contributed by atoms with Gasteiger partial charge < -0.3 is 9.47 Å². The first kappa shape index (κ1) is 26.3. The summed E-state index contributed by atoms with van der Waals surface area (Å²) in [6, 6.07) is 13.6. The zero-order chi connectivity index (χ0) is 24.5. The molecular weight excluding hydrogens is 392 g/mol. The molecule has 2 rings (SSSR count). The first-order valence-electron chi connectivity index (χ1n) is 11.9. The summed E-state index contributed by atoms with van der Waals surface area (Å²) in [5.41, 5.74) is 5.41. The van der Waals surface area contributed by atoms with E-state index in [1.807, 2.05) is 0 Å². The van der Waals surface area contributed by atoms with Crippen molar-refractivity contribution in [2.45, 2.75) is 104 Å². The Balaban J connectivity index is 2.28. The largest absolute Gasteiger partial charge is 0.496 e. The molecule has 2 aromatic rings. The van der Waals surface area contributed by atoms with Crippen LogP contribution in [0, 0.1) is 0 Å². The lowest BCUT2D eigenvalue weighted by Gasteiger charge is -2.34. The first-order valence-corrected chi connectivity index (χ1v) is 11.9. The van der Waals surface area contributed by atoms with Gasteiger partial charge in [-0.3, -0.25) is 0 Å². The lowest BCUT2D eigenvalue weighted by molar-refractivity contribution is 0.365. The third kappa shape index (κ3) is 5.88. The molecule has 0 radical (unpaired) electrons. The maximum absolute atomic E-state index is 5.77. The van der Waals surface area contributed by atoms with Crippen LogP contribution in [-0.4, -0.2) is 14.2 Å². The molecule has 0 saturated carbocycles. The molecule has 0 aromatic heterocycles. The van der Waals surface area contributed by atoms with Crippen molar-refractivity contribution in [1.82, 2.24) is 0 Å². The van der Waals surface area contributed by atoms with Gasteiger partial charge in [0.25, 0.3) is 0 Å². The van der Waals surface area contributed by atoms with Crippen molar-refractivity contribution in [2.24, 2.45) is 0 Å². The molecule has 0 unspecified atom stereocenters. The fourth-order valence-corrected chi connectivity index (χ4v) is 4.38. The molecule has 0 spiro atoms. The number of methoxy groups -OCH3 is 2. The SMILES string of the molecule is COc1cc(C(C)(C)CCC(C)(C)c2ccc(C(C)(C)C)c(OC)c2)ccc1C(C)(C)C. The van der Waals surface area contributed by atoms with Crippen LogP contribution < -0.4 is 9.47 Å². The Morgan fingerprint density at radius 1 is 0.531 bits per heavy atom. The lowest BCUT2D eigenvalue weighted by Crippen LogP contribution is -2.25. The molecule has 0 amide bonds. The molecule has 0 bridgehead atoms. The van der Waals surface area contributed by atoms with Gasteiger partial charge in [0.2, 0.25) is 0 Å². The minimum Gasteiger partial charge on any atom is -0.496 e. The number of rotatable bonds is 7. The molecular formula is C30H46O2. The van der Waals surface area contributed by atoms with Crippen LogP contribution in [0.15, 0.2) is 36.4 Å². The van der Waals surface area contributed by atoms with Crippen LogP contribution in [0.1, 0.15) is 104 Å². The topological polar surface area (TPSA) is 18.5 Å². The van der Waals surface area contributed by atoms with Crippen LogP contribution in [0.2, 0.25) is 0 Å². The molecule has 0 N–H and O–H groups in total. The number of hydrogen-bond acceptors (Lipinski definition) is 2. The molecule has 0 aliphatic rings. The Labute approximate surface area is 197 Å². The average Bonchev–Trinajstić information content (AvgIpc) is 2.70. The van der Waals surface area contributed by atoms with E-state index in [1.165, 1.54) is 22.3 Å². The second-order valence-corrected chi connectivity index (χ2v) is 12.6. The predicted molar refractivity (Wildman–Crippen MR) is 139 cm³/mol. The molecule has 0 saturated heterocycles. The van der Waals surface area contributed by atoms with Crippen LogP contribution in [0.5, 0.6) is 11.5 Å². The third-order valence-corrected chi connectivity index (χ3v) is 6.96. The molecule has 2 heteroatoms. The van der Waals surface area contributed by atoms with Gasteiger partial charge in [0, 0.05) is 0 Å². The highest BCUT2D eigenvalue weighted by molar-refractivity contribution is 5.45. The lowest BCUT2D eigenvalue weighted by atomic mass is 9.72. The minimum atomic E-state index is 0.0520. The van der Waals surface area contributed by atoms with E-state index in [0.717, 1.165) is 24.3 Å². The Kier molecular flexibility index (Phi) is 7.49. The van der Waals surface area contributed by atoms with E-state index in [-0.39, 0.29) is 21.7 Å². The molecule has 2 aromatic carbocycles. The fraction of sp³-hybridized carbons (Fsp3) is 0.600. The second-order valence-electron chi connectivity index (χ2n) is 12.6. The summed E-state index contributed by atoms with van der Waals surface area (Å²) in [5, 5.41) is 0. The van der Waals surface area contributed by atoms with Crippen LogP contribution in [0.3, 0.4) is 0 Å². The van der Waals surface area contributed by atoms with Crippen molar-refractivity contribution in [2.75, 3.05) is 14.2 Å². The van der Waals surface area contributed by atoms with Gasteiger partial charge in [0.15, 0.2) is 0 Å². The summed E-state index contributed by atoms with van der Waals surface area (Å²) < 4.78 is 11.5. The molecule has 178 valence electrons.